The Bertz CT molecular complexity index is 1160. The van der Waals surface area contributed by atoms with Crippen LogP contribution < -0.4 is 5.32 Å². The van der Waals surface area contributed by atoms with Gasteiger partial charge in [-0.1, -0.05) is 23.9 Å². The molecule has 0 aliphatic rings. The maximum atomic E-state index is 12.5. The number of anilines is 1. The number of rotatable bonds is 7. The molecule has 0 fully saturated rings. The lowest BCUT2D eigenvalue weighted by molar-refractivity contribution is -0.114. The van der Waals surface area contributed by atoms with Gasteiger partial charge < -0.3 is 5.32 Å². The summed E-state index contributed by atoms with van der Waals surface area (Å²) in [6.07, 6.45) is 0. The number of aromatic nitrogens is 3. The highest BCUT2D eigenvalue weighted by molar-refractivity contribution is 7.99. The van der Waals surface area contributed by atoms with Gasteiger partial charge in [-0.3, -0.25) is 9.59 Å². The molecule has 1 N–H and O–H groups in total. The lowest BCUT2D eigenvalue weighted by atomic mass is 10.1. The van der Waals surface area contributed by atoms with Crippen LogP contribution in [-0.4, -0.2) is 32.6 Å². The third-order valence-corrected chi connectivity index (χ3v) is 6.63. The Morgan fingerprint density at radius 2 is 1.60 bits per heavy atom. The van der Waals surface area contributed by atoms with E-state index < -0.39 is 0 Å². The molecule has 0 saturated carbocycles. The van der Waals surface area contributed by atoms with Gasteiger partial charge in [-0.05, 0) is 47.2 Å². The van der Waals surface area contributed by atoms with Crippen molar-refractivity contribution < 1.29 is 9.59 Å². The van der Waals surface area contributed by atoms with Gasteiger partial charge >= 0.3 is 0 Å². The first kappa shape index (κ1) is 20.4. The smallest absolute Gasteiger partial charge is 0.221 e. The Morgan fingerprint density at radius 1 is 0.933 bits per heavy atom. The molecular weight excluding hydrogens is 436 g/mol. The molecule has 0 bridgehead atoms. The van der Waals surface area contributed by atoms with Crippen molar-refractivity contribution >= 4 is 51.8 Å². The Hall–Kier alpha value is -2.88. The molecule has 1 amide bonds. The number of ketones is 1. The van der Waals surface area contributed by atoms with Gasteiger partial charge in [0.1, 0.15) is 11.4 Å². The van der Waals surface area contributed by atoms with Crippen molar-refractivity contribution in [1.29, 1.82) is 0 Å². The van der Waals surface area contributed by atoms with Gasteiger partial charge in [0.15, 0.2) is 5.78 Å². The second-order valence-electron chi connectivity index (χ2n) is 6.22. The van der Waals surface area contributed by atoms with E-state index >= 15 is 0 Å². The second-order valence-corrected chi connectivity index (χ2v) is 9.05. The van der Waals surface area contributed by atoms with E-state index in [1.807, 2.05) is 35.0 Å². The van der Waals surface area contributed by atoms with Crippen molar-refractivity contribution in [3.63, 3.8) is 0 Å². The second kappa shape index (κ2) is 9.29. The fourth-order valence-electron chi connectivity index (χ4n) is 2.69. The van der Waals surface area contributed by atoms with E-state index in [2.05, 4.69) is 15.5 Å². The molecule has 150 valence electrons. The maximum absolute atomic E-state index is 12.5. The van der Waals surface area contributed by atoms with Crippen molar-refractivity contribution in [3.05, 3.63) is 64.9 Å². The number of thioether (sulfide) groups is 1. The van der Waals surface area contributed by atoms with Crippen LogP contribution in [0.4, 0.5) is 5.69 Å². The molecule has 30 heavy (non-hydrogen) atoms. The molecule has 0 atom stereocenters. The summed E-state index contributed by atoms with van der Waals surface area (Å²) in [5.41, 5.74) is 2.75. The van der Waals surface area contributed by atoms with Crippen LogP contribution in [0, 0.1) is 0 Å². The predicted octanol–water partition coefficient (Wildman–Crippen LogP) is 5.26. The van der Waals surface area contributed by atoms with Gasteiger partial charge in [0.25, 0.3) is 0 Å². The van der Waals surface area contributed by atoms with Gasteiger partial charge in [0.05, 0.1) is 15.5 Å². The first-order valence-electron chi connectivity index (χ1n) is 8.96. The minimum Gasteiger partial charge on any atom is -0.326 e. The number of carbonyl (C=O) groups is 2. The van der Waals surface area contributed by atoms with Crippen LogP contribution in [0.1, 0.15) is 17.3 Å². The Balaban J connectivity index is 1.50. The zero-order chi connectivity index (χ0) is 20.9. The van der Waals surface area contributed by atoms with E-state index in [0.717, 1.165) is 21.1 Å². The van der Waals surface area contributed by atoms with Crippen molar-refractivity contribution in [3.8, 4) is 21.1 Å². The quantitative estimate of drug-likeness (QED) is 0.304. The number of amides is 1. The van der Waals surface area contributed by atoms with Crippen LogP contribution in [-0.2, 0) is 4.79 Å². The minimum absolute atomic E-state index is 0.0435. The molecule has 4 aromatic rings. The maximum Gasteiger partial charge on any atom is 0.221 e. The highest BCUT2D eigenvalue weighted by atomic mass is 32.2. The average Bonchev–Trinajstić information content (AvgIpc) is 3.46. The van der Waals surface area contributed by atoms with Crippen molar-refractivity contribution in [2.24, 2.45) is 0 Å². The Labute approximate surface area is 185 Å². The van der Waals surface area contributed by atoms with Crippen LogP contribution in [0.2, 0.25) is 0 Å². The number of carbonyl (C=O) groups excluding carboxylic acids is 2. The van der Waals surface area contributed by atoms with E-state index in [9.17, 15) is 9.59 Å². The molecular formula is C21H16N4O2S3. The molecule has 6 nitrogen and oxygen atoms in total. The molecule has 0 aliphatic heterocycles. The fourth-order valence-corrected chi connectivity index (χ4v) is 4.80. The standard InChI is InChI=1S/C21H16N4O2S3/c1-13(26)22-15-8-6-14(7-9-15)16(27)12-30-21-23-19(17-4-2-10-28-17)20(24-25-21)18-5-3-11-29-18/h2-11H,12H2,1H3,(H,22,26). The topological polar surface area (TPSA) is 84.8 Å². The number of nitrogens with zero attached hydrogens (tertiary/aromatic N) is 3. The molecule has 0 unspecified atom stereocenters. The van der Waals surface area contributed by atoms with E-state index in [0.29, 0.717) is 16.4 Å². The van der Waals surface area contributed by atoms with Crippen LogP contribution >= 0.6 is 34.4 Å². The molecule has 3 aromatic heterocycles. The molecule has 0 radical (unpaired) electrons. The monoisotopic (exact) mass is 452 g/mol. The highest BCUT2D eigenvalue weighted by Gasteiger charge is 2.16. The first-order valence-corrected chi connectivity index (χ1v) is 11.7. The van der Waals surface area contributed by atoms with Crippen LogP contribution in [0.5, 0.6) is 0 Å². The lowest BCUT2D eigenvalue weighted by Crippen LogP contribution is -2.07. The number of thiophene rings is 2. The van der Waals surface area contributed by atoms with Crippen molar-refractivity contribution in [2.45, 2.75) is 12.1 Å². The zero-order valence-electron chi connectivity index (χ0n) is 15.9. The van der Waals surface area contributed by atoms with Crippen LogP contribution in [0.25, 0.3) is 21.1 Å². The number of hydrogen-bond acceptors (Lipinski definition) is 8. The largest absolute Gasteiger partial charge is 0.326 e. The van der Waals surface area contributed by atoms with Crippen molar-refractivity contribution in [1.82, 2.24) is 15.2 Å². The summed E-state index contributed by atoms with van der Waals surface area (Å²) in [6, 6.07) is 14.8. The van der Waals surface area contributed by atoms with E-state index in [-0.39, 0.29) is 17.4 Å². The molecule has 0 aliphatic carbocycles. The summed E-state index contributed by atoms with van der Waals surface area (Å²) in [5, 5.41) is 15.8. The summed E-state index contributed by atoms with van der Waals surface area (Å²) in [5.74, 6) is 0.00318. The third-order valence-electron chi connectivity index (χ3n) is 4.04. The minimum atomic E-state index is -0.151. The van der Waals surface area contributed by atoms with E-state index in [4.69, 9.17) is 4.98 Å². The normalized spacial score (nSPS) is 10.7. The van der Waals surface area contributed by atoms with Gasteiger partial charge in [-0.15, -0.1) is 32.9 Å². The summed E-state index contributed by atoms with van der Waals surface area (Å²) < 4.78 is 0. The van der Waals surface area contributed by atoms with Gasteiger partial charge in [0.2, 0.25) is 11.1 Å². The summed E-state index contributed by atoms with van der Waals surface area (Å²) in [6.45, 7) is 1.44. The number of hydrogen-bond donors (Lipinski definition) is 1. The van der Waals surface area contributed by atoms with E-state index in [1.54, 1.807) is 46.9 Å². The highest BCUT2D eigenvalue weighted by Crippen LogP contribution is 2.34. The van der Waals surface area contributed by atoms with Crippen LogP contribution in [0.3, 0.4) is 0 Å². The SMILES string of the molecule is CC(=O)Nc1ccc(C(=O)CSc2nnc(-c3cccs3)c(-c3cccs3)n2)cc1. The lowest BCUT2D eigenvalue weighted by Gasteiger charge is -2.07. The zero-order valence-corrected chi connectivity index (χ0v) is 18.3. The molecule has 3 heterocycles. The summed E-state index contributed by atoms with van der Waals surface area (Å²) in [4.78, 5) is 30.3. The van der Waals surface area contributed by atoms with E-state index in [1.165, 1.54) is 18.7 Å². The van der Waals surface area contributed by atoms with Crippen LogP contribution in [0.15, 0.2) is 64.4 Å². The third kappa shape index (κ3) is 4.81. The van der Waals surface area contributed by atoms with Crippen molar-refractivity contribution in [2.75, 3.05) is 11.1 Å². The molecule has 1 aromatic carbocycles. The fraction of sp³-hybridized carbons (Fsp3) is 0.0952. The Kier molecular flexibility index (Phi) is 6.32. The predicted molar refractivity (Wildman–Crippen MR) is 122 cm³/mol. The van der Waals surface area contributed by atoms with Gasteiger partial charge in [-0.2, -0.15) is 0 Å². The summed E-state index contributed by atoms with van der Waals surface area (Å²) in [7, 11) is 0. The molecule has 9 heteroatoms. The Morgan fingerprint density at radius 3 is 2.20 bits per heavy atom. The summed E-state index contributed by atoms with van der Waals surface area (Å²) >= 11 is 4.44. The van der Waals surface area contributed by atoms with Gasteiger partial charge in [-0.25, -0.2) is 4.98 Å². The molecule has 4 rings (SSSR count). The number of benzene rings is 1. The molecule has 0 saturated heterocycles. The first-order chi connectivity index (χ1) is 14.6. The molecule has 0 spiro atoms. The number of nitrogens with one attached hydrogen (secondary N) is 1. The van der Waals surface area contributed by atoms with Gasteiger partial charge in [0, 0.05) is 18.2 Å². The average molecular weight is 453 g/mol. The number of Topliss-reactive ketones (excluding diaryl/α,β-unsaturated/α-hetero) is 1.